The molecule has 3 heteroatoms. The van der Waals surface area contributed by atoms with Crippen LogP contribution in [0.4, 0.5) is 0 Å². The molecule has 0 saturated carbocycles. The van der Waals surface area contributed by atoms with Crippen LogP contribution in [0, 0.1) is 5.92 Å². The van der Waals surface area contributed by atoms with Crippen LogP contribution in [-0.4, -0.2) is 22.9 Å². The number of aryl methyl sites for hydroxylation is 1. The third kappa shape index (κ3) is 2.10. The Morgan fingerprint density at radius 1 is 1.69 bits per heavy atom. The van der Waals surface area contributed by atoms with Crippen LogP contribution in [0.2, 0.25) is 0 Å². The molecule has 1 aromatic heterocycles. The lowest BCUT2D eigenvalue weighted by molar-refractivity contribution is 0.369. The number of piperidine rings is 1. The van der Waals surface area contributed by atoms with Gasteiger partial charge in [-0.25, -0.2) is 0 Å². The number of rotatable bonds is 2. The van der Waals surface area contributed by atoms with Gasteiger partial charge in [0.15, 0.2) is 0 Å². The molecule has 0 spiro atoms. The second-order valence-electron chi connectivity index (χ2n) is 3.86. The fourth-order valence-corrected chi connectivity index (χ4v) is 2.00. The third-order valence-electron chi connectivity index (χ3n) is 2.82. The summed E-state index contributed by atoms with van der Waals surface area (Å²) in [6, 6.07) is 2.12. The van der Waals surface area contributed by atoms with Crippen LogP contribution in [0.1, 0.15) is 18.5 Å². The molecule has 1 N–H and O–H groups in total. The van der Waals surface area contributed by atoms with E-state index >= 15 is 0 Å². The summed E-state index contributed by atoms with van der Waals surface area (Å²) in [5, 5.41) is 7.62. The molecule has 1 aliphatic rings. The second kappa shape index (κ2) is 3.92. The van der Waals surface area contributed by atoms with Gasteiger partial charge in [0.1, 0.15) is 0 Å². The van der Waals surface area contributed by atoms with Gasteiger partial charge in [-0.15, -0.1) is 0 Å². The van der Waals surface area contributed by atoms with Gasteiger partial charge in [0.25, 0.3) is 0 Å². The van der Waals surface area contributed by atoms with Crippen molar-refractivity contribution in [2.75, 3.05) is 13.1 Å². The third-order valence-corrected chi connectivity index (χ3v) is 2.82. The van der Waals surface area contributed by atoms with Gasteiger partial charge in [-0.2, -0.15) is 5.10 Å². The van der Waals surface area contributed by atoms with Crippen LogP contribution < -0.4 is 5.32 Å². The molecule has 2 rings (SSSR count). The van der Waals surface area contributed by atoms with E-state index in [1.54, 1.807) is 0 Å². The maximum absolute atomic E-state index is 4.18. The highest BCUT2D eigenvalue weighted by molar-refractivity contribution is 5.01. The van der Waals surface area contributed by atoms with Crippen molar-refractivity contribution in [2.45, 2.75) is 19.3 Å². The first-order valence-electron chi connectivity index (χ1n) is 5.04. The van der Waals surface area contributed by atoms with Crippen molar-refractivity contribution in [3.8, 4) is 0 Å². The van der Waals surface area contributed by atoms with Crippen LogP contribution in [0.3, 0.4) is 0 Å². The summed E-state index contributed by atoms with van der Waals surface area (Å²) in [6.07, 6.45) is 5.73. The van der Waals surface area contributed by atoms with Crippen molar-refractivity contribution >= 4 is 0 Å². The molecule has 1 atom stereocenters. The monoisotopic (exact) mass is 179 g/mol. The summed E-state index contributed by atoms with van der Waals surface area (Å²) in [5.74, 6) is 0.809. The van der Waals surface area contributed by atoms with Crippen LogP contribution >= 0.6 is 0 Å². The van der Waals surface area contributed by atoms with Crippen LogP contribution in [-0.2, 0) is 13.5 Å². The van der Waals surface area contributed by atoms with Crippen molar-refractivity contribution < 1.29 is 0 Å². The molecule has 1 aromatic rings. The Labute approximate surface area is 79.1 Å². The minimum atomic E-state index is 0.809. The van der Waals surface area contributed by atoms with E-state index in [0.29, 0.717) is 0 Å². The molecule has 13 heavy (non-hydrogen) atoms. The van der Waals surface area contributed by atoms with E-state index < -0.39 is 0 Å². The minimum Gasteiger partial charge on any atom is -0.316 e. The first kappa shape index (κ1) is 8.75. The first-order valence-corrected chi connectivity index (χ1v) is 5.04. The van der Waals surface area contributed by atoms with E-state index in [1.807, 2.05) is 17.9 Å². The van der Waals surface area contributed by atoms with Crippen LogP contribution in [0.25, 0.3) is 0 Å². The molecular weight excluding hydrogens is 162 g/mol. The van der Waals surface area contributed by atoms with Crippen molar-refractivity contribution in [2.24, 2.45) is 13.0 Å². The van der Waals surface area contributed by atoms with Crippen molar-refractivity contribution in [1.82, 2.24) is 15.1 Å². The summed E-state index contributed by atoms with van der Waals surface area (Å²) < 4.78 is 1.98. The topological polar surface area (TPSA) is 29.9 Å². The van der Waals surface area contributed by atoms with Gasteiger partial charge in [0, 0.05) is 18.9 Å². The van der Waals surface area contributed by atoms with Crippen molar-refractivity contribution in [3.05, 3.63) is 18.0 Å². The molecule has 0 amide bonds. The van der Waals surface area contributed by atoms with Gasteiger partial charge in [0.05, 0.1) is 0 Å². The summed E-state index contributed by atoms with van der Waals surface area (Å²) in [5.41, 5.74) is 1.36. The van der Waals surface area contributed by atoms with Crippen molar-refractivity contribution in [1.29, 1.82) is 0 Å². The average molecular weight is 179 g/mol. The zero-order chi connectivity index (χ0) is 9.10. The molecule has 1 fully saturated rings. The lowest BCUT2D eigenvalue weighted by Crippen LogP contribution is -2.31. The Bertz CT molecular complexity index is 261. The summed E-state index contributed by atoms with van der Waals surface area (Å²) in [7, 11) is 2.02. The average Bonchev–Trinajstić information content (AvgIpc) is 2.54. The van der Waals surface area contributed by atoms with E-state index in [1.165, 1.54) is 38.0 Å². The molecule has 1 aliphatic heterocycles. The smallest absolute Gasteiger partial charge is 0.0492 e. The zero-order valence-corrected chi connectivity index (χ0v) is 8.16. The molecule has 2 heterocycles. The molecular formula is C10H17N3. The first-order chi connectivity index (χ1) is 6.36. The normalized spacial score (nSPS) is 23.3. The number of hydrogen-bond acceptors (Lipinski definition) is 2. The maximum atomic E-state index is 4.18. The summed E-state index contributed by atoms with van der Waals surface area (Å²) in [4.78, 5) is 0. The van der Waals surface area contributed by atoms with Crippen LogP contribution in [0.15, 0.2) is 12.3 Å². The Morgan fingerprint density at radius 2 is 2.62 bits per heavy atom. The van der Waals surface area contributed by atoms with Crippen molar-refractivity contribution in [3.63, 3.8) is 0 Å². The van der Waals surface area contributed by atoms with Gasteiger partial charge < -0.3 is 5.32 Å². The molecule has 3 nitrogen and oxygen atoms in total. The van der Waals surface area contributed by atoms with Gasteiger partial charge in [0.2, 0.25) is 0 Å². The number of hydrogen-bond donors (Lipinski definition) is 1. The van der Waals surface area contributed by atoms with E-state index in [0.717, 1.165) is 5.92 Å². The van der Waals surface area contributed by atoms with Gasteiger partial charge in [-0.1, -0.05) is 0 Å². The lowest BCUT2D eigenvalue weighted by Gasteiger charge is -2.22. The largest absolute Gasteiger partial charge is 0.316 e. The summed E-state index contributed by atoms with van der Waals surface area (Å²) >= 11 is 0. The highest BCUT2D eigenvalue weighted by atomic mass is 15.2. The highest BCUT2D eigenvalue weighted by Crippen LogP contribution is 2.15. The molecule has 72 valence electrons. The lowest BCUT2D eigenvalue weighted by atomic mass is 9.95. The van der Waals surface area contributed by atoms with E-state index in [2.05, 4.69) is 16.5 Å². The van der Waals surface area contributed by atoms with Gasteiger partial charge in [-0.05, 0) is 44.3 Å². The van der Waals surface area contributed by atoms with Gasteiger partial charge in [-0.3, -0.25) is 4.68 Å². The quantitative estimate of drug-likeness (QED) is 0.733. The molecule has 1 unspecified atom stereocenters. The van der Waals surface area contributed by atoms with Crippen LogP contribution in [0.5, 0.6) is 0 Å². The molecule has 0 aromatic carbocycles. The van der Waals surface area contributed by atoms with E-state index in [-0.39, 0.29) is 0 Å². The standard InChI is InChI=1S/C10H17N3/c1-13-10(4-6-12-13)7-9-3-2-5-11-8-9/h4,6,9,11H,2-3,5,7-8H2,1H3. The fourth-order valence-electron chi connectivity index (χ4n) is 2.00. The SMILES string of the molecule is Cn1nccc1CC1CCCNC1. The number of nitrogens with zero attached hydrogens (tertiary/aromatic N) is 2. The Hall–Kier alpha value is -0.830. The Kier molecular flexibility index (Phi) is 2.64. The Morgan fingerprint density at radius 3 is 3.23 bits per heavy atom. The highest BCUT2D eigenvalue weighted by Gasteiger charge is 2.14. The Balaban J connectivity index is 1.93. The predicted octanol–water partition coefficient (Wildman–Crippen LogP) is 0.962. The van der Waals surface area contributed by atoms with E-state index in [9.17, 15) is 0 Å². The summed E-state index contributed by atoms with van der Waals surface area (Å²) in [6.45, 7) is 2.37. The molecule has 0 radical (unpaired) electrons. The minimum absolute atomic E-state index is 0.809. The molecule has 0 aliphatic carbocycles. The fraction of sp³-hybridized carbons (Fsp3) is 0.700. The second-order valence-corrected chi connectivity index (χ2v) is 3.86. The van der Waals surface area contributed by atoms with Gasteiger partial charge >= 0.3 is 0 Å². The number of aromatic nitrogens is 2. The zero-order valence-electron chi connectivity index (χ0n) is 8.16. The molecule has 0 bridgehead atoms. The predicted molar refractivity (Wildman–Crippen MR) is 52.5 cm³/mol. The van der Waals surface area contributed by atoms with E-state index in [4.69, 9.17) is 0 Å². The molecule has 1 saturated heterocycles. The number of nitrogens with one attached hydrogen (secondary N) is 1. The maximum Gasteiger partial charge on any atom is 0.0492 e.